The molecule has 0 amide bonds. The summed E-state index contributed by atoms with van der Waals surface area (Å²) in [6.07, 6.45) is 48.7. The zero-order chi connectivity index (χ0) is 28.5. The number of unbranched alkanes of at least 4 members (excludes halogenated alkanes) is 27. The summed E-state index contributed by atoms with van der Waals surface area (Å²) in [6.45, 7) is 9.55. The van der Waals surface area contributed by atoms with Gasteiger partial charge in [-0.05, 0) is 11.8 Å². The van der Waals surface area contributed by atoms with Crippen molar-refractivity contribution in [3.05, 3.63) is 0 Å². The molecule has 0 aliphatic carbocycles. The molecule has 0 aliphatic heterocycles. The van der Waals surface area contributed by atoms with Gasteiger partial charge in [-0.25, -0.2) is 0 Å². The van der Waals surface area contributed by atoms with E-state index in [1.54, 1.807) is 0 Å². The van der Waals surface area contributed by atoms with Crippen molar-refractivity contribution in [3.8, 4) is 0 Å². The van der Waals surface area contributed by atoms with Crippen molar-refractivity contribution in [2.75, 3.05) is 0 Å². The monoisotopic (exact) mass is 549 g/mol. The van der Waals surface area contributed by atoms with Crippen LogP contribution in [0.4, 0.5) is 0 Å². The van der Waals surface area contributed by atoms with Crippen molar-refractivity contribution in [2.24, 2.45) is 11.8 Å². The summed E-state index contributed by atoms with van der Waals surface area (Å²) in [4.78, 5) is 0. The summed E-state index contributed by atoms with van der Waals surface area (Å²) >= 11 is 0. The summed E-state index contributed by atoms with van der Waals surface area (Å²) in [5, 5.41) is 0. The van der Waals surface area contributed by atoms with E-state index in [2.05, 4.69) is 27.7 Å². The van der Waals surface area contributed by atoms with Crippen molar-refractivity contribution in [1.82, 2.24) is 0 Å². The molecular weight excluding hydrogens is 468 g/mol. The fraction of sp³-hybridized carbons (Fsp3) is 1.00. The van der Waals surface area contributed by atoms with Gasteiger partial charge < -0.3 is 0 Å². The summed E-state index contributed by atoms with van der Waals surface area (Å²) in [7, 11) is 0. The lowest BCUT2D eigenvalue weighted by Gasteiger charge is -2.11. The summed E-state index contributed by atoms with van der Waals surface area (Å²) in [6, 6.07) is 0. The van der Waals surface area contributed by atoms with E-state index in [9.17, 15) is 0 Å². The van der Waals surface area contributed by atoms with Gasteiger partial charge in [0.2, 0.25) is 0 Å². The van der Waals surface area contributed by atoms with Crippen LogP contribution in [-0.4, -0.2) is 0 Å². The van der Waals surface area contributed by atoms with Crippen LogP contribution in [0.2, 0.25) is 0 Å². The van der Waals surface area contributed by atoms with E-state index in [-0.39, 0.29) is 0 Å². The highest BCUT2D eigenvalue weighted by atomic mass is 14.1. The Morgan fingerprint density at radius 3 is 0.692 bits per heavy atom. The maximum atomic E-state index is 2.51. The summed E-state index contributed by atoms with van der Waals surface area (Å²) in [5.41, 5.74) is 0. The van der Waals surface area contributed by atoms with E-state index in [4.69, 9.17) is 0 Å². The molecule has 0 heterocycles. The van der Waals surface area contributed by atoms with Crippen LogP contribution in [0.3, 0.4) is 0 Å². The molecule has 0 heteroatoms. The van der Waals surface area contributed by atoms with Crippen LogP contribution >= 0.6 is 0 Å². The molecule has 0 fully saturated rings. The SMILES string of the molecule is CCCCCCCCCCCCCCCCCCCCC(C)CCCCCCCCCCCCCC(C)CC. The van der Waals surface area contributed by atoms with Gasteiger partial charge in [0.05, 0.1) is 0 Å². The second-order valence-electron chi connectivity index (χ2n) is 13.9. The highest BCUT2D eigenvalue weighted by Crippen LogP contribution is 2.20. The molecule has 0 N–H and O–H groups in total. The van der Waals surface area contributed by atoms with E-state index in [0.29, 0.717) is 0 Å². The molecule has 0 saturated heterocycles. The van der Waals surface area contributed by atoms with Gasteiger partial charge in [0.25, 0.3) is 0 Å². The highest BCUT2D eigenvalue weighted by Gasteiger charge is 2.03. The third-order valence-electron chi connectivity index (χ3n) is 9.64. The Hall–Kier alpha value is 0. The Morgan fingerprint density at radius 1 is 0.256 bits per heavy atom. The molecule has 0 saturated carbocycles. The van der Waals surface area contributed by atoms with E-state index in [1.807, 2.05) is 0 Å². The predicted octanol–water partition coefficient (Wildman–Crippen LogP) is 15.2. The highest BCUT2D eigenvalue weighted by molar-refractivity contribution is 4.57. The third-order valence-corrected chi connectivity index (χ3v) is 9.64. The quantitative estimate of drug-likeness (QED) is 0.0701. The first-order chi connectivity index (χ1) is 19.2. The Kier molecular flexibility index (Phi) is 34.2. The van der Waals surface area contributed by atoms with Crippen LogP contribution in [0, 0.1) is 11.8 Å². The molecule has 39 heavy (non-hydrogen) atoms. The average molecular weight is 549 g/mol. The second-order valence-corrected chi connectivity index (χ2v) is 13.9. The standard InChI is InChI=1S/C39H80/c1-5-7-8-9-10-11-12-13-14-15-16-17-18-20-24-27-30-33-36-39(4)37-34-31-28-25-22-19-21-23-26-29-32-35-38(3)6-2/h38-39H,5-37H2,1-4H3. The Bertz CT molecular complexity index is 412. The van der Waals surface area contributed by atoms with Crippen LogP contribution in [0.5, 0.6) is 0 Å². The number of hydrogen-bond donors (Lipinski definition) is 0. The molecule has 0 spiro atoms. The van der Waals surface area contributed by atoms with E-state index in [1.165, 1.54) is 212 Å². The first-order valence-corrected chi connectivity index (χ1v) is 19.2. The topological polar surface area (TPSA) is 0 Å². The fourth-order valence-corrected chi connectivity index (χ4v) is 6.32. The van der Waals surface area contributed by atoms with E-state index in [0.717, 1.165) is 11.8 Å². The molecule has 0 bridgehead atoms. The number of hydrogen-bond acceptors (Lipinski definition) is 0. The molecule has 0 aromatic rings. The Labute approximate surface area is 251 Å². The molecule has 236 valence electrons. The first-order valence-electron chi connectivity index (χ1n) is 19.2. The van der Waals surface area contributed by atoms with Crippen LogP contribution < -0.4 is 0 Å². The summed E-state index contributed by atoms with van der Waals surface area (Å²) in [5.74, 6) is 1.91. The predicted molar refractivity (Wildman–Crippen MR) is 182 cm³/mol. The minimum atomic E-state index is 0.946. The average Bonchev–Trinajstić information content (AvgIpc) is 2.94. The van der Waals surface area contributed by atoms with Crippen molar-refractivity contribution >= 4 is 0 Å². The van der Waals surface area contributed by atoms with Crippen molar-refractivity contribution in [1.29, 1.82) is 0 Å². The zero-order valence-electron chi connectivity index (χ0n) is 28.5. The van der Waals surface area contributed by atoms with Gasteiger partial charge in [-0.1, -0.05) is 240 Å². The first kappa shape index (κ1) is 39.0. The van der Waals surface area contributed by atoms with Gasteiger partial charge in [0, 0.05) is 0 Å². The molecule has 0 aromatic carbocycles. The van der Waals surface area contributed by atoms with Crippen molar-refractivity contribution in [3.63, 3.8) is 0 Å². The third kappa shape index (κ3) is 34.1. The van der Waals surface area contributed by atoms with Gasteiger partial charge in [0.1, 0.15) is 0 Å². The maximum absolute atomic E-state index is 2.51. The van der Waals surface area contributed by atoms with E-state index < -0.39 is 0 Å². The normalized spacial score (nSPS) is 13.2. The molecule has 0 nitrogen and oxygen atoms in total. The molecular formula is C39H80. The van der Waals surface area contributed by atoms with Crippen LogP contribution in [0.1, 0.15) is 240 Å². The minimum absolute atomic E-state index is 0.946. The minimum Gasteiger partial charge on any atom is -0.0654 e. The summed E-state index contributed by atoms with van der Waals surface area (Å²) < 4.78 is 0. The van der Waals surface area contributed by atoms with Gasteiger partial charge in [-0.2, -0.15) is 0 Å². The van der Waals surface area contributed by atoms with Crippen LogP contribution in [-0.2, 0) is 0 Å². The molecule has 0 aliphatic rings. The van der Waals surface area contributed by atoms with Gasteiger partial charge in [0.15, 0.2) is 0 Å². The zero-order valence-corrected chi connectivity index (χ0v) is 28.5. The van der Waals surface area contributed by atoms with Gasteiger partial charge in [-0.3, -0.25) is 0 Å². The second kappa shape index (κ2) is 34.2. The molecule has 0 rings (SSSR count). The Balaban J connectivity index is 3.15. The maximum Gasteiger partial charge on any atom is -0.0443 e. The van der Waals surface area contributed by atoms with Crippen molar-refractivity contribution in [2.45, 2.75) is 240 Å². The number of rotatable bonds is 34. The van der Waals surface area contributed by atoms with Crippen LogP contribution in [0.15, 0.2) is 0 Å². The molecule has 0 aromatic heterocycles. The van der Waals surface area contributed by atoms with Gasteiger partial charge >= 0.3 is 0 Å². The largest absolute Gasteiger partial charge is 0.0654 e. The van der Waals surface area contributed by atoms with Gasteiger partial charge in [-0.15, -0.1) is 0 Å². The van der Waals surface area contributed by atoms with E-state index >= 15 is 0 Å². The molecule has 0 radical (unpaired) electrons. The molecule has 2 atom stereocenters. The van der Waals surface area contributed by atoms with Crippen molar-refractivity contribution < 1.29 is 0 Å². The lowest BCUT2D eigenvalue weighted by Crippen LogP contribution is -1.95. The smallest absolute Gasteiger partial charge is 0.0443 e. The lowest BCUT2D eigenvalue weighted by molar-refractivity contribution is 0.429. The molecule has 2 unspecified atom stereocenters. The Morgan fingerprint density at radius 2 is 0.462 bits per heavy atom. The fourth-order valence-electron chi connectivity index (χ4n) is 6.32. The van der Waals surface area contributed by atoms with Crippen LogP contribution in [0.25, 0.3) is 0 Å². The lowest BCUT2D eigenvalue weighted by atomic mass is 9.95.